The summed E-state index contributed by atoms with van der Waals surface area (Å²) in [5.74, 6) is -8.93. The quantitative estimate of drug-likeness (QED) is 0.0124. The molecule has 4 amide bonds. The molecule has 0 aromatic heterocycles. The highest BCUT2D eigenvalue weighted by atomic mass is 16.2. The third kappa shape index (κ3) is 31.2. The molecule has 0 saturated heterocycles. The van der Waals surface area contributed by atoms with Crippen LogP contribution in [0.1, 0.15) is 137 Å². The molecule has 0 fully saturated rings. The van der Waals surface area contributed by atoms with Crippen LogP contribution in [0.3, 0.4) is 0 Å². The molecule has 143 heavy (non-hydrogen) atoms. The van der Waals surface area contributed by atoms with E-state index in [1.807, 2.05) is 42.5 Å². The number of nitrogen functional groups attached to an aromatic ring is 10. The number of para-hydroxylation sites is 1. The topological polar surface area (TPSA) is 518 Å². The molecule has 24 N–H and O–H groups in total. The first-order chi connectivity index (χ1) is 68.7. The number of nitrogens with zero attached hydrogens (tertiary/aromatic N) is 1. The number of carbonyl (C=O) groups is 12. The van der Waals surface area contributed by atoms with Crippen molar-refractivity contribution < 1.29 is 57.5 Å². The van der Waals surface area contributed by atoms with Gasteiger partial charge in [-0.05, 0) is 265 Å². The Kier molecular flexibility index (Phi) is 36.2. The standard InChI is InChI=1S/C117H124N14O12/c118-93-31-9-72(10-32-93)53-85(106(132)65-87(55-74-13-35-95(120)36-14-74)110(136)69-91(116(128)142)59-78-21-43-99(124)44-22-78)64-109(135)90(58-77-19-41-98(123)42-20-77)68-113(139)104(62-81-27-49-102(127)50-28-81)130-117(143)92(60-79-23-45-100(125)46-24-79)70-111(137)88(56-75-15-37-96(121)38-16-75)66-107(133)86(54-73-11-33-94(119)34-12-73)63-108(134)89(57-76-17-39-97(122)40-18-76)67-112(138)103(61-80-25-47-101(126)48-26-80)129-114(140)51-52-115(141)131-71-84-7-2-1-5-82(84)29-30-83-6-3-4-8-105(83)131/h1-28,31-50,85-92,103-104H,51-71,118-127H2,(H2,128,142)(H,129,140)(H,130,143). The molecule has 734 valence electrons. The Labute approximate surface area is 833 Å². The van der Waals surface area contributed by atoms with Gasteiger partial charge in [0, 0.05) is 180 Å². The van der Waals surface area contributed by atoms with Crippen LogP contribution in [-0.2, 0) is 128 Å². The Morgan fingerprint density at radius 2 is 0.469 bits per heavy atom. The SMILES string of the molecule is NC(=O)C(CC(=O)C(CC(=O)C(CC(=O)C(CC(=O)C(Cc1ccc(N)cc1)NC(=O)C(CC(=O)C(CC(=O)C(CC(=O)C(CC(=O)C(Cc1ccc(N)cc1)NC(=O)CCC(=O)N1Cc2ccccc2C#Cc2ccccc21)Cc1ccc(N)cc1)Cc1ccc(N)cc1)Cc1ccc(N)cc1)Cc1ccc(N)cc1)Cc1ccc(N)cc1)Cc1ccc(N)cc1)Cc1ccc(N)cc1)Cc1ccc(N)cc1. The summed E-state index contributed by atoms with van der Waals surface area (Å²) in [7, 11) is 0. The lowest BCUT2D eigenvalue weighted by molar-refractivity contribution is -0.136. The van der Waals surface area contributed by atoms with Gasteiger partial charge in [0.1, 0.15) is 34.7 Å². The highest BCUT2D eigenvalue weighted by molar-refractivity contribution is 6.01. The summed E-state index contributed by atoms with van der Waals surface area (Å²) in [6.45, 7) is 0.187. The van der Waals surface area contributed by atoms with Crippen molar-refractivity contribution in [3.05, 3.63) is 364 Å². The molecule has 1 aliphatic heterocycles. The molecule has 1 aliphatic rings. The second-order valence-electron chi connectivity index (χ2n) is 37.9. The van der Waals surface area contributed by atoms with Crippen molar-refractivity contribution in [2.24, 2.45) is 53.1 Å². The van der Waals surface area contributed by atoms with Crippen LogP contribution in [0.2, 0.25) is 0 Å². The Morgan fingerprint density at radius 1 is 0.245 bits per heavy atom. The predicted molar refractivity (Wildman–Crippen MR) is 563 cm³/mol. The number of primary amides is 1. The number of carbonyl (C=O) groups excluding carboxylic acids is 12. The first-order valence-corrected chi connectivity index (χ1v) is 48.2. The Bertz CT molecular complexity index is 6520. The number of Topliss-reactive ketones (excluding diaryl/α,β-unsaturated/α-hetero) is 8. The highest BCUT2D eigenvalue weighted by Crippen LogP contribution is 2.35. The Balaban J connectivity index is 0.786. The first-order valence-electron chi connectivity index (χ1n) is 48.2. The number of nitrogens with two attached hydrogens (primary N) is 11. The molecule has 26 heteroatoms. The molecule has 12 aromatic carbocycles. The van der Waals surface area contributed by atoms with Crippen molar-refractivity contribution in [2.75, 3.05) is 62.2 Å². The van der Waals surface area contributed by atoms with Crippen LogP contribution in [0.5, 0.6) is 0 Å². The van der Waals surface area contributed by atoms with Gasteiger partial charge in [-0.25, -0.2) is 0 Å². The third-order valence-corrected chi connectivity index (χ3v) is 26.8. The van der Waals surface area contributed by atoms with Gasteiger partial charge in [-0.2, -0.15) is 0 Å². The van der Waals surface area contributed by atoms with Crippen LogP contribution in [0.4, 0.5) is 62.6 Å². The van der Waals surface area contributed by atoms with E-state index in [2.05, 4.69) is 22.5 Å². The van der Waals surface area contributed by atoms with Crippen LogP contribution in [0.15, 0.2) is 291 Å². The lowest BCUT2D eigenvalue weighted by atomic mass is 9.78. The fraction of sp³-hybridized carbons (Fsp3) is 0.265. The minimum absolute atomic E-state index is 0.00746. The van der Waals surface area contributed by atoms with Gasteiger partial charge in [-0.3, -0.25) is 57.5 Å². The Hall–Kier alpha value is -16.6. The summed E-state index contributed by atoms with van der Waals surface area (Å²) in [4.78, 5) is 186. The number of hydrogen-bond acceptors (Lipinski definition) is 22. The minimum atomic E-state index is -1.41. The molecule has 0 bridgehead atoms. The summed E-state index contributed by atoms with van der Waals surface area (Å²) in [5, 5.41) is 6.01. The molecular formula is C117H124N14O12. The fourth-order valence-electron chi connectivity index (χ4n) is 18.5. The molecule has 0 spiro atoms. The zero-order valence-electron chi connectivity index (χ0n) is 80.0. The zero-order valence-corrected chi connectivity index (χ0v) is 80.0. The zero-order chi connectivity index (χ0) is 102. The predicted octanol–water partition coefficient (Wildman–Crippen LogP) is 14.0. The number of anilines is 11. The summed E-state index contributed by atoms with van der Waals surface area (Å²) < 4.78 is 0. The van der Waals surface area contributed by atoms with Crippen molar-refractivity contribution in [3.63, 3.8) is 0 Å². The van der Waals surface area contributed by atoms with E-state index in [1.165, 1.54) is 0 Å². The number of amides is 4. The van der Waals surface area contributed by atoms with E-state index in [1.54, 1.807) is 254 Å². The average molecular weight is 1920 g/mol. The maximum Gasteiger partial charge on any atom is 0.227 e. The molecule has 13 rings (SSSR count). The van der Waals surface area contributed by atoms with Gasteiger partial charge in [0.25, 0.3) is 0 Å². The van der Waals surface area contributed by atoms with Gasteiger partial charge in [-0.1, -0.05) is 164 Å². The molecule has 26 nitrogen and oxygen atoms in total. The second kappa shape index (κ2) is 49.8. The van der Waals surface area contributed by atoms with Gasteiger partial charge in [-0.15, -0.1) is 0 Å². The molecule has 12 aromatic rings. The number of rotatable bonds is 51. The van der Waals surface area contributed by atoms with Gasteiger partial charge >= 0.3 is 0 Å². The van der Waals surface area contributed by atoms with Gasteiger partial charge in [0.2, 0.25) is 23.6 Å². The van der Waals surface area contributed by atoms with E-state index in [-0.39, 0.29) is 102 Å². The summed E-state index contributed by atoms with van der Waals surface area (Å²) >= 11 is 0. The summed E-state index contributed by atoms with van der Waals surface area (Å²) in [6.07, 6.45) is -4.16. The molecular weight excluding hydrogens is 1790 g/mol. The van der Waals surface area contributed by atoms with E-state index in [0.717, 1.165) is 11.1 Å². The second-order valence-corrected chi connectivity index (χ2v) is 37.9. The highest BCUT2D eigenvalue weighted by Gasteiger charge is 2.39. The largest absolute Gasteiger partial charge is 0.399 e. The normalized spacial score (nSPS) is 13.6. The number of ketones is 8. The maximum atomic E-state index is 16.1. The lowest BCUT2D eigenvalue weighted by Gasteiger charge is -2.26. The van der Waals surface area contributed by atoms with Crippen LogP contribution in [-0.4, -0.2) is 82.0 Å². The molecule has 0 aliphatic carbocycles. The van der Waals surface area contributed by atoms with E-state index in [0.29, 0.717) is 124 Å². The molecule has 10 unspecified atom stereocenters. The van der Waals surface area contributed by atoms with E-state index in [4.69, 9.17) is 63.1 Å². The maximum absolute atomic E-state index is 16.1. The van der Waals surface area contributed by atoms with Crippen molar-refractivity contribution in [1.82, 2.24) is 10.6 Å². The Morgan fingerprint density at radius 3 is 0.762 bits per heavy atom. The van der Waals surface area contributed by atoms with E-state index < -0.39 is 162 Å². The summed E-state index contributed by atoms with van der Waals surface area (Å²) in [6, 6.07) is 80.2. The molecule has 1 heterocycles. The van der Waals surface area contributed by atoms with Gasteiger partial charge in [0.05, 0.1) is 24.3 Å². The van der Waals surface area contributed by atoms with Crippen molar-refractivity contribution in [1.29, 1.82) is 0 Å². The van der Waals surface area contributed by atoms with Crippen LogP contribution < -0.4 is 78.6 Å². The fourth-order valence-corrected chi connectivity index (χ4v) is 18.5. The van der Waals surface area contributed by atoms with Crippen LogP contribution >= 0.6 is 0 Å². The monoisotopic (exact) mass is 1920 g/mol. The average Bonchev–Trinajstić information content (AvgIpc) is 0.805. The number of hydrogen-bond donors (Lipinski definition) is 13. The smallest absolute Gasteiger partial charge is 0.227 e. The third-order valence-electron chi connectivity index (χ3n) is 26.8. The first kappa shape index (κ1) is 104. The van der Waals surface area contributed by atoms with Crippen molar-refractivity contribution in [2.45, 2.75) is 147 Å². The van der Waals surface area contributed by atoms with Gasteiger partial charge < -0.3 is 78.6 Å². The molecule has 0 radical (unpaired) electrons. The minimum Gasteiger partial charge on any atom is -0.399 e. The van der Waals surface area contributed by atoms with E-state index in [9.17, 15) is 19.2 Å². The van der Waals surface area contributed by atoms with Crippen molar-refractivity contribution >= 4 is 132 Å². The number of nitrogens with one attached hydrogen (secondary N) is 2. The molecule has 0 saturated carbocycles. The number of fused-ring (bicyclic) bond motifs is 2. The lowest BCUT2D eigenvalue weighted by Crippen LogP contribution is -2.47. The van der Waals surface area contributed by atoms with Crippen LogP contribution in [0, 0.1) is 59.2 Å². The van der Waals surface area contributed by atoms with Crippen molar-refractivity contribution in [3.8, 4) is 11.8 Å². The van der Waals surface area contributed by atoms with E-state index >= 15 is 38.4 Å². The summed E-state index contributed by atoms with van der Waals surface area (Å²) in [5.41, 5.74) is 81.5. The van der Waals surface area contributed by atoms with Gasteiger partial charge in [0.15, 0.2) is 11.6 Å². The van der Waals surface area contributed by atoms with Crippen LogP contribution in [0.25, 0.3) is 0 Å². The molecule has 10 atom stereocenters. The number of benzene rings is 12.